The molecule has 1 saturated heterocycles. The Kier molecular flexibility index (Phi) is 2.52. The Labute approximate surface area is 101 Å². The van der Waals surface area contributed by atoms with Gasteiger partial charge in [-0.2, -0.15) is 0 Å². The van der Waals surface area contributed by atoms with Crippen LogP contribution < -0.4 is 15.5 Å². The zero-order chi connectivity index (χ0) is 11.8. The highest BCUT2D eigenvalue weighted by Crippen LogP contribution is 2.35. The molecule has 0 aromatic heterocycles. The van der Waals surface area contributed by atoms with Crippen LogP contribution in [0.15, 0.2) is 18.2 Å². The second-order valence-corrected chi connectivity index (χ2v) is 4.72. The van der Waals surface area contributed by atoms with Crippen LogP contribution in [-0.4, -0.2) is 32.1 Å². The van der Waals surface area contributed by atoms with E-state index in [2.05, 4.69) is 27.7 Å². The van der Waals surface area contributed by atoms with E-state index in [4.69, 9.17) is 0 Å². The topological polar surface area (TPSA) is 44.4 Å². The summed E-state index contributed by atoms with van der Waals surface area (Å²) in [6.45, 7) is 6.10. The molecule has 17 heavy (non-hydrogen) atoms. The molecule has 2 aliphatic rings. The fourth-order valence-electron chi connectivity index (χ4n) is 2.52. The Morgan fingerprint density at radius 3 is 2.82 bits per heavy atom. The van der Waals surface area contributed by atoms with Crippen molar-refractivity contribution in [1.82, 2.24) is 5.32 Å². The maximum atomic E-state index is 11.6. The Morgan fingerprint density at radius 2 is 2.06 bits per heavy atom. The maximum absolute atomic E-state index is 11.6. The van der Waals surface area contributed by atoms with Crippen molar-refractivity contribution in [2.75, 3.05) is 36.4 Å². The predicted molar refractivity (Wildman–Crippen MR) is 68.6 cm³/mol. The minimum atomic E-state index is -0.0205. The molecule has 1 fully saturated rings. The number of piperazine rings is 1. The van der Waals surface area contributed by atoms with Gasteiger partial charge in [0.2, 0.25) is 5.91 Å². The Hall–Kier alpha value is -1.55. The molecule has 1 aromatic rings. The molecule has 0 bridgehead atoms. The van der Waals surface area contributed by atoms with Gasteiger partial charge in [-0.15, -0.1) is 0 Å². The largest absolute Gasteiger partial charge is 0.369 e. The van der Waals surface area contributed by atoms with E-state index in [0.717, 1.165) is 37.4 Å². The van der Waals surface area contributed by atoms with E-state index in [-0.39, 0.29) is 11.8 Å². The first-order chi connectivity index (χ1) is 8.25. The number of benzene rings is 1. The van der Waals surface area contributed by atoms with Crippen LogP contribution in [0.4, 0.5) is 11.4 Å². The summed E-state index contributed by atoms with van der Waals surface area (Å²) in [4.78, 5) is 14.0. The molecule has 0 aliphatic carbocycles. The lowest BCUT2D eigenvalue weighted by molar-refractivity contribution is -0.116. The van der Waals surface area contributed by atoms with Gasteiger partial charge in [-0.05, 0) is 30.7 Å². The number of nitrogens with one attached hydrogen (secondary N) is 2. The number of rotatable bonds is 1. The molecule has 3 rings (SSSR count). The molecule has 4 nitrogen and oxygen atoms in total. The van der Waals surface area contributed by atoms with Crippen LogP contribution in [0.25, 0.3) is 0 Å². The van der Waals surface area contributed by atoms with Crippen LogP contribution in [0.1, 0.15) is 18.4 Å². The summed E-state index contributed by atoms with van der Waals surface area (Å²) in [6, 6.07) is 6.28. The van der Waals surface area contributed by atoms with Gasteiger partial charge in [0.05, 0.1) is 5.92 Å². The SMILES string of the molecule is CC1C(=O)Nc2ccc(N3CCNCC3)cc21. The zero-order valence-electron chi connectivity index (χ0n) is 9.99. The average Bonchev–Trinajstić information content (AvgIpc) is 2.66. The second-order valence-electron chi connectivity index (χ2n) is 4.72. The molecule has 2 aliphatic heterocycles. The van der Waals surface area contributed by atoms with Crippen LogP contribution >= 0.6 is 0 Å². The van der Waals surface area contributed by atoms with E-state index < -0.39 is 0 Å². The first kappa shape index (κ1) is 10.6. The highest BCUT2D eigenvalue weighted by atomic mass is 16.2. The van der Waals surface area contributed by atoms with E-state index in [0.29, 0.717) is 0 Å². The quantitative estimate of drug-likeness (QED) is 0.762. The van der Waals surface area contributed by atoms with Crippen molar-refractivity contribution in [2.45, 2.75) is 12.8 Å². The summed E-state index contributed by atoms with van der Waals surface area (Å²) in [6.07, 6.45) is 0. The minimum Gasteiger partial charge on any atom is -0.369 e. The number of hydrogen-bond acceptors (Lipinski definition) is 3. The standard InChI is InChI=1S/C13H17N3O/c1-9-11-8-10(16-6-4-14-5-7-16)2-3-12(11)15-13(9)17/h2-3,8-9,14H,4-7H2,1H3,(H,15,17). The highest BCUT2D eigenvalue weighted by Gasteiger charge is 2.27. The fourth-order valence-corrected chi connectivity index (χ4v) is 2.52. The molecule has 0 spiro atoms. The van der Waals surface area contributed by atoms with E-state index in [1.54, 1.807) is 0 Å². The monoisotopic (exact) mass is 231 g/mol. The van der Waals surface area contributed by atoms with Crippen molar-refractivity contribution in [3.63, 3.8) is 0 Å². The van der Waals surface area contributed by atoms with Gasteiger partial charge in [0.1, 0.15) is 0 Å². The van der Waals surface area contributed by atoms with Crippen molar-refractivity contribution >= 4 is 17.3 Å². The summed E-state index contributed by atoms with van der Waals surface area (Å²) in [5.41, 5.74) is 3.33. The molecule has 2 N–H and O–H groups in total. The summed E-state index contributed by atoms with van der Waals surface area (Å²) in [7, 11) is 0. The summed E-state index contributed by atoms with van der Waals surface area (Å²) < 4.78 is 0. The number of fused-ring (bicyclic) bond motifs is 1. The summed E-state index contributed by atoms with van der Waals surface area (Å²) >= 11 is 0. The van der Waals surface area contributed by atoms with Gasteiger partial charge in [-0.25, -0.2) is 0 Å². The van der Waals surface area contributed by atoms with Gasteiger partial charge in [-0.1, -0.05) is 0 Å². The van der Waals surface area contributed by atoms with E-state index in [1.807, 2.05) is 13.0 Å². The first-order valence-electron chi connectivity index (χ1n) is 6.16. The molecule has 4 heteroatoms. The van der Waals surface area contributed by atoms with Gasteiger partial charge < -0.3 is 15.5 Å². The highest BCUT2D eigenvalue weighted by molar-refractivity contribution is 6.03. The van der Waals surface area contributed by atoms with Crippen LogP contribution in [0, 0.1) is 0 Å². The molecular weight excluding hydrogens is 214 g/mol. The molecule has 90 valence electrons. The fraction of sp³-hybridized carbons (Fsp3) is 0.462. The number of carbonyl (C=O) groups excluding carboxylic acids is 1. The zero-order valence-corrected chi connectivity index (χ0v) is 9.99. The Morgan fingerprint density at radius 1 is 1.29 bits per heavy atom. The van der Waals surface area contributed by atoms with Gasteiger partial charge in [0.15, 0.2) is 0 Å². The molecule has 0 radical (unpaired) electrons. The molecule has 2 heterocycles. The molecule has 1 aromatic carbocycles. The molecular formula is C13H17N3O. The van der Waals surface area contributed by atoms with E-state index >= 15 is 0 Å². The van der Waals surface area contributed by atoms with Crippen LogP contribution in [0.5, 0.6) is 0 Å². The number of anilines is 2. The normalized spacial score (nSPS) is 23.5. The van der Waals surface area contributed by atoms with Crippen molar-refractivity contribution in [1.29, 1.82) is 0 Å². The average molecular weight is 231 g/mol. The number of amides is 1. The number of carbonyl (C=O) groups is 1. The van der Waals surface area contributed by atoms with Gasteiger partial charge in [0.25, 0.3) is 0 Å². The third-order valence-electron chi connectivity index (χ3n) is 3.63. The van der Waals surface area contributed by atoms with Crippen molar-refractivity contribution in [2.24, 2.45) is 0 Å². The molecule has 1 atom stereocenters. The van der Waals surface area contributed by atoms with E-state index in [1.165, 1.54) is 5.69 Å². The van der Waals surface area contributed by atoms with Crippen LogP contribution in [-0.2, 0) is 4.79 Å². The lowest BCUT2D eigenvalue weighted by Crippen LogP contribution is -2.43. The lowest BCUT2D eigenvalue weighted by Gasteiger charge is -2.29. The smallest absolute Gasteiger partial charge is 0.231 e. The maximum Gasteiger partial charge on any atom is 0.231 e. The van der Waals surface area contributed by atoms with Crippen LogP contribution in [0.2, 0.25) is 0 Å². The third kappa shape index (κ3) is 1.78. The molecule has 0 saturated carbocycles. The van der Waals surface area contributed by atoms with Crippen LogP contribution in [0.3, 0.4) is 0 Å². The number of nitrogens with zero attached hydrogens (tertiary/aromatic N) is 1. The second kappa shape index (κ2) is 4.04. The third-order valence-corrected chi connectivity index (χ3v) is 3.63. The summed E-state index contributed by atoms with van der Waals surface area (Å²) in [5, 5.41) is 6.25. The van der Waals surface area contributed by atoms with E-state index in [9.17, 15) is 4.79 Å². The lowest BCUT2D eigenvalue weighted by atomic mass is 10.0. The van der Waals surface area contributed by atoms with Crippen molar-refractivity contribution in [3.8, 4) is 0 Å². The summed E-state index contributed by atoms with van der Waals surface area (Å²) in [5.74, 6) is 0.0883. The molecule has 1 amide bonds. The molecule has 1 unspecified atom stereocenters. The van der Waals surface area contributed by atoms with Crippen molar-refractivity contribution < 1.29 is 4.79 Å². The predicted octanol–water partition coefficient (Wildman–Crippen LogP) is 1.15. The first-order valence-corrected chi connectivity index (χ1v) is 6.16. The Bertz CT molecular complexity index is 452. The minimum absolute atomic E-state index is 0.0205. The van der Waals surface area contributed by atoms with Crippen molar-refractivity contribution in [3.05, 3.63) is 23.8 Å². The van der Waals surface area contributed by atoms with Gasteiger partial charge in [0, 0.05) is 37.6 Å². The van der Waals surface area contributed by atoms with Gasteiger partial charge >= 0.3 is 0 Å². The Balaban J connectivity index is 1.91. The van der Waals surface area contributed by atoms with Gasteiger partial charge in [-0.3, -0.25) is 4.79 Å². The number of hydrogen-bond donors (Lipinski definition) is 2.